The molecule has 0 radical (unpaired) electrons. The van der Waals surface area contributed by atoms with Crippen LogP contribution in [0.1, 0.15) is 32.1 Å². The highest BCUT2D eigenvalue weighted by molar-refractivity contribution is 5.91. The Bertz CT molecular complexity index is 608. The van der Waals surface area contributed by atoms with Crippen LogP contribution in [0.25, 0.3) is 10.9 Å². The Morgan fingerprint density at radius 2 is 2.00 bits per heavy atom. The van der Waals surface area contributed by atoms with Crippen LogP contribution >= 0.6 is 0 Å². The van der Waals surface area contributed by atoms with E-state index in [9.17, 15) is 5.11 Å². The van der Waals surface area contributed by atoms with E-state index in [1.54, 1.807) is 0 Å². The number of nitrogens with one attached hydrogen (secondary N) is 1. The van der Waals surface area contributed by atoms with Gasteiger partial charge in [-0.1, -0.05) is 19.3 Å². The summed E-state index contributed by atoms with van der Waals surface area (Å²) in [5.41, 5.74) is 6.75. The van der Waals surface area contributed by atoms with Crippen molar-refractivity contribution in [2.24, 2.45) is 0 Å². The number of anilines is 2. The molecule has 0 unspecified atom stereocenters. The summed E-state index contributed by atoms with van der Waals surface area (Å²) in [4.78, 5) is 8.50. The molecule has 4 N–H and O–H groups in total. The fourth-order valence-electron chi connectivity index (χ4n) is 2.85. The van der Waals surface area contributed by atoms with E-state index in [0.29, 0.717) is 12.2 Å². The molecule has 0 aliphatic heterocycles. The zero-order valence-electron chi connectivity index (χ0n) is 11.5. The summed E-state index contributed by atoms with van der Waals surface area (Å²) in [5.74, 6) is 0.737. The summed E-state index contributed by atoms with van der Waals surface area (Å²) in [7, 11) is 0. The maximum absolute atomic E-state index is 10.5. The molecule has 1 aliphatic rings. The fourth-order valence-corrected chi connectivity index (χ4v) is 2.85. The topological polar surface area (TPSA) is 84.1 Å². The molecule has 1 aromatic heterocycles. The van der Waals surface area contributed by atoms with Gasteiger partial charge in [0.05, 0.1) is 11.1 Å². The van der Waals surface area contributed by atoms with E-state index in [4.69, 9.17) is 5.73 Å². The lowest BCUT2D eigenvalue weighted by Crippen LogP contribution is -2.39. The van der Waals surface area contributed by atoms with Crippen molar-refractivity contribution >= 4 is 22.4 Å². The number of rotatable bonds is 3. The van der Waals surface area contributed by atoms with Gasteiger partial charge in [0.1, 0.15) is 12.1 Å². The number of fused-ring (bicyclic) bond motifs is 1. The van der Waals surface area contributed by atoms with Gasteiger partial charge in [-0.15, -0.1) is 0 Å². The van der Waals surface area contributed by atoms with Crippen molar-refractivity contribution in [3.05, 3.63) is 24.5 Å². The van der Waals surface area contributed by atoms with Crippen molar-refractivity contribution in [3.63, 3.8) is 0 Å². The average Bonchev–Trinajstić information content (AvgIpc) is 2.46. The predicted molar refractivity (Wildman–Crippen MR) is 80.5 cm³/mol. The third kappa shape index (κ3) is 2.67. The number of hydrogen-bond donors (Lipinski definition) is 3. The minimum Gasteiger partial charge on any atom is -0.399 e. The minimum atomic E-state index is -0.615. The first-order valence-corrected chi connectivity index (χ1v) is 7.13. The van der Waals surface area contributed by atoms with E-state index >= 15 is 0 Å². The van der Waals surface area contributed by atoms with Gasteiger partial charge in [0.15, 0.2) is 0 Å². The maximum Gasteiger partial charge on any atom is 0.137 e. The van der Waals surface area contributed by atoms with Gasteiger partial charge in [-0.05, 0) is 31.0 Å². The highest BCUT2D eigenvalue weighted by atomic mass is 16.3. The highest BCUT2D eigenvalue weighted by Gasteiger charge is 2.29. The van der Waals surface area contributed by atoms with E-state index in [2.05, 4.69) is 15.3 Å². The number of aliphatic hydroxyl groups is 1. The van der Waals surface area contributed by atoms with Crippen LogP contribution in [0.5, 0.6) is 0 Å². The summed E-state index contributed by atoms with van der Waals surface area (Å²) in [6.07, 6.45) is 6.64. The third-order valence-electron chi connectivity index (χ3n) is 4.03. The first-order valence-electron chi connectivity index (χ1n) is 7.13. The lowest BCUT2D eigenvalue weighted by atomic mass is 9.85. The standard InChI is InChI=1S/C15H20N4O/c16-11-4-5-13-12(8-11)14(19-10-18-13)17-9-15(20)6-2-1-3-7-15/h4-5,8,10,20H,1-3,6-7,9,16H2,(H,17,18,19). The third-order valence-corrected chi connectivity index (χ3v) is 4.03. The second kappa shape index (κ2) is 5.25. The molecule has 1 aromatic carbocycles. The van der Waals surface area contributed by atoms with Gasteiger partial charge in [-0.25, -0.2) is 9.97 Å². The Balaban J connectivity index is 1.82. The number of nitrogens with two attached hydrogens (primary N) is 1. The average molecular weight is 272 g/mol. The van der Waals surface area contributed by atoms with Crippen molar-refractivity contribution in [1.82, 2.24) is 9.97 Å². The lowest BCUT2D eigenvalue weighted by molar-refractivity contribution is 0.0167. The Hall–Kier alpha value is -1.88. The molecule has 0 bridgehead atoms. The lowest BCUT2D eigenvalue weighted by Gasteiger charge is -2.32. The fraction of sp³-hybridized carbons (Fsp3) is 0.467. The molecule has 0 atom stereocenters. The summed E-state index contributed by atoms with van der Waals surface area (Å²) in [5, 5.41) is 14.7. The van der Waals surface area contributed by atoms with Crippen molar-refractivity contribution in [2.75, 3.05) is 17.6 Å². The van der Waals surface area contributed by atoms with Crippen LogP contribution in [0, 0.1) is 0 Å². The molecule has 0 amide bonds. The number of benzene rings is 1. The van der Waals surface area contributed by atoms with Gasteiger partial charge in [-0.3, -0.25) is 0 Å². The number of nitrogens with zero attached hydrogens (tertiary/aromatic N) is 2. The molecule has 1 saturated carbocycles. The van der Waals surface area contributed by atoms with Crippen LogP contribution in [0.15, 0.2) is 24.5 Å². The molecule has 2 aromatic rings. The van der Waals surface area contributed by atoms with E-state index < -0.39 is 5.60 Å². The molecule has 3 rings (SSSR count). The Kier molecular flexibility index (Phi) is 3.44. The number of aromatic nitrogens is 2. The van der Waals surface area contributed by atoms with E-state index in [-0.39, 0.29) is 0 Å². The Labute approximate surface area is 118 Å². The molecular weight excluding hydrogens is 252 g/mol. The first-order chi connectivity index (χ1) is 9.66. The summed E-state index contributed by atoms with van der Waals surface area (Å²) in [6.45, 7) is 0.522. The van der Waals surface area contributed by atoms with Crippen LogP contribution in [0.2, 0.25) is 0 Å². The molecule has 20 heavy (non-hydrogen) atoms. The zero-order chi connectivity index (χ0) is 14.0. The molecule has 1 fully saturated rings. The van der Waals surface area contributed by atoms with Crippen LogP contribution < -0.4 is 11.1 Å². The van der Waals surface area contributed by atoms with Crippen LogP contribution in [0.4, 0.5) is 11.5 Å². The quantitative estimate of drug-likeness (QED) is 0.747. The molecule has 5 heteroatoms. The van der Waals surface area contributed by atoms with E-state index in [1.165, 1.54) is 12.7 Å². The molecular formula is C15H20N4O. The second-order valence-corrected chi connectivity index (χ2v) is 5.64. The van der Waals surface area contributed by atoms with Crippen molar-refractivity contribution in [1.29, 1.82) is 0 Å². The van der Waals surface area contributed by atoms with Gasteiger partial charge in [0.25, 0.3) is 0 Å². The molecule has 0 spiro atoms. The molecule has 1 aliphatic carbocycles. The number of hydrogen-bond acceptors (Lipinski definition) is 5. The second-order valence-electron chi connectivity index (χ2n) is 5.64. The van der Waals surface area contributed by atoms with Gasteiger partial charge in [-0.2, -0.15) is 0 Å². The van der Waals surface area contributed by atoms with Crippen molar-refractivity contribution < 1.29 is 5.11 Å². The minimum absolute atomic E-state index is 0.522. The summed E-state index contributed by atoms with van der Waals surface area (Å²) in [6, 6.07) is 5.57. The summed E-state index contributed by atoms with van der Waals surface area (Å²) < 4.78 is 0. The smallest absolute Gasteiger partial charge is 0.137 e. The van der Waals surface area contributed by atoms with Gasteiger partial charge in [0, 0.05) is 17.6 Å². The van der Waals surface area contributed by atoms with E-state index in [0.717, 1.165) is 42.4 Å². The molecule has 1 heterocycles. The Morgan fingerprint density at radius 3 is 2.80 bits per heavy atom. The normalized spacial score (nSPS) is 18.1. The van der Waals surface area contributed by atoms with Crippen LogP contribution in [-0.2, 0) is 0 Å². The monoisotopic (exact) mass is 272 g/mol. The predicted octanol–water partition coefficient (Wildman–Crippen LogP) is 2.32. The number of nitrogen functional groups attached to an aromatic ring is 1. The van der Waals surface area contributed by atoms with Crippen molar-refractivity contribution in [2.45, 2.75) is 37.7 Å². The van der Waals surface area contributed by atoms with Crippen molar-refractivity contribution in [3.8, 4) is 0 Å². The first kappa shape index (κ1) is 13.1. The maximum atomic E-state index is 10.5. The summed E-state index contributed by atoms with van der Waals surface area (Å²) >= 11 is 0. The SMILES string of the molecule is Nc1ccc2ncnc(NCC3(O)CCCCC3)c2c1. The zero-order valence-corrected chi connectivity index (χ0v) is 11.5. The molecule has 0 saturated heterocycles. The van der Waals surface area contributed by atoms with Gasteiger partial charge >= 0.3 is 0 Å². The highest BCUT2D eigenvalue weighted by Crippen LogP contribution is 2.29. The van der Waals surface area contributed by atoms with Crippen LogP contribution in [0.3, 0.4) is 0 Å². The van der Waals surface area contributed by atoms with Gasteiger partial charge < -0.3 is 16.2 Å². The van der Waals surface area contributed by atoms with Gasteiger partial charge in [0.2, 0.25) is 0 Å². The molecule has 106 valence electrons. The Morgan fingerprint density at radius 1 is 1.20 bits per heavy atom. The molecule has 5 nitrogen and oxygen atoms in total. The largest absolute Gasteiger partial charge is 0.399 e. The van der Waals surface area contributed by atoms with Crippen LogP contribution in [-0.4, -0.2) is 27.2 Å². The van der Waals surface area contributed by atoms with E-state index in [1.807, 2.05) is 18.2 Å².